The summed E-state index contributed by atoms with van der Waals surface area (Å²) in [6.07, 6.45) is 16.0. The average Bonchev–Trinajstić information content (AvgIpc) is 2.97. The number of rotatable bonds is 6. The average molecular weight is 572 g/mol. The fraction of sp³-hybridized carbons (Fsp3) is 0.722. The van der Waals surface area contributed by atoms with Crippen LogP contribution >= 0.6 is 0 Å². The number of carbonyl (C=O) groups excluding carboxylic acids is 1. The van der Waals surface area contributed by atoms with Crippen molar-refractivity contribution in [1.82, 2.24) is 9.88 Å². The minimum Gasteiger partial charge on any atom is -0.355 e. The largest absolute Gasteiger partial charge is 0.355 e. The van der Waals surface area contributed by atoms with Gasteiger partial charge in [-0.25, -0.2) is 0 Å². The van der Waals surface area contributed by atoms with Crippen LogP contribution in [0.4, 0.5) is 0 Å². The maximum Gasteiger partial charge on any atom is 0.135 e. The first-order chi connectivity index (χ1) is 20.1. The third-order valence-corrected chi connectivity index (χ3v) is 12.9. The second-order valence-electron chi connectivity index (χ2n) is 15.0. The predicted octanol–water partition coefficient (Wildman–Crippen LogP) is 7.64. The van der Waals surface area contributed by atoms with E-state index in [9.17, 15) is 10.1 Å². The van der Waals surface area contributed by atoms with Crippen molar-refractivity contribution in [3.63, 3.8) is 0 Å². The van der Waals surface area contributed by atoms with E-state index in [0.29, 0.717) is 47.1 Å². The molecule has 4 fully saturated rings. The predicted molar refractivity (Wildman–Crippen MR) is 169 cm³/mol. The van der Waals surface area contributed by atoms with E-state index >= 15 is 0 Å². The molecule has 7 unspecified atom stereocenters. The Bertz CT molecular complexity index is 1260. The molecule has 0 spiro atoms. The highest BCUT2D eigenvalue weighted by Gasteiger charge is 2.62. The lowest BCUT2D eigenvalue weighted by atomic mass is 9.38. The fourth-order valence-corrected chi connectivity index (χ4v) is 10.8. The van der Waals surface area contributed by atoms with Crippen LogP contribution < -0.4 is 5.84 Å². The number of carbonyl (C=O) groups is 1. The molecule has 6 nitrogen and oxygen atoms in total. The Labute approximate surface area is 254 Å². The molecule has 42 heavy (non-hydrogen) atoms. The van der Waals surface area contributed by atoms with Crippen molar-refractivity contribution in [2.75, 3.05) is 7.05 Å². The topological polar surface area (TPSA) is 95.4 Å². The number of hydrogen-bond acceptors (Lipinski definition) is 5. The lowest BCUT2D eigenvalue weighted by molar-refractivity contribution is -0.149. The molecule has 4 aliphatic carbocycles. The zero-order valence-corrected chi connectivity index (χ0v) is 27.0. The molecule has 228 valence electrons. The van der Waals surface area contributed by atoms with Crippen LogP contribution in [0, 0.1) is 57.2 Å². The maximum atomic E-state index is 12.6. The molecule has 7 atom stereocenters. The molecule has 0 saturated heterocycles. The van der Waals surface area contributed by atoms with Crippen LogP contribution in [0.1, 0.15) is 117 Å². The van der Waals surface area contributed by atoms with Crippen LogP contribution in [0.3, 0.4) is 0 Å². The third kappa shape index (κ3) is 4.89. The second-order valence-corrected chi connectivity index (χ2v) is 15.0. The van der Waals surface area contributed by atoms with Crippen LogP contribution in [0.15, 0.2) is 34.6 Å². The van der Waals surface area contributed by atoms with Gasteiger partial charge in [-0.05, 0) is 111 Å². The highest BCUT2D eigenvalue weighted by Crippen LogP contribution is 2.70. The molecule has 1 aromatic heterocycles. The van der Waals surface area contributed by atoms with E-state index in [2.05, 4.69) is 55.7 Å². The van der Waals surface area contributed by atoms with Gasteiger partial charge in [-0.1, -0.05) is 51.7 Å². The number of nitrogens with two attached hydrogens (primary N) is 1. The third-order valence-electron chi connectivity index (χ3n) is 12.9. The summed E-state index contributed by atoms with van der Waals surface area (Å²) < 4.78 is 0. The number of nitrogens with zero attached hydrogens (tertiary/aromatic N) is 4. The van der Waals surface area contributed by atoms with Crippen LogP contribution in [0.2, 0.25) is 0 Å². The molecule has 1 heterocycles. The van der Waals surface area contributed by atoms with E-state index in [4.69, 9.17) is 5.84 Å². The lowest BCUT2D eigenvalue weighted by Gasteiger charge is -2.66. The van der Waals surface area contributed by atoms with E-state index in [-0.39, 0.29) is 0 Å². The SMILES string of the molecule is C/C(=C1/C2CCC3C4(C)CCCCC4CCC3(C)C2CCC1(CC=O)/C(=N/N)N(C)Cc1ccc(C#N)cn1)C(C)C. The van der Waals surface area contributed by atoms with Gasteiger partial charge in [0.05, 0.1) is 23.2 Å². The Morgan fingerprint density at radius 1 is 1.14 bits per heavy atom. The first kappa shape index (κ1) is 30.8. The molecule has 2 N–H and O–H groups in total. The van der Waals surface area contributed by atoms with Gasteiger partial charge in [-0.15, -0.1) is 0 Å². The summed E-state index contributed by atoms with van der Waals surface area (Å²) in [5.74, 6) is 10.2. The number of allylic oxidation sites excluding steroid dienone is 1. The Balaban J connectivity index is 1.55. The molecule has 5 rings (SSSR count). The molecule has 6 heteroatoms. The zero-order chi connectivity index (χ0) is 30.3. The quantitative estimate of drug-likeness (QED) is 0.0945. The van der Waals surface area contributed by atoms with Crippen molar-refractivity contribution in [1.29, 1.82) is 5.26 Å². The number of pyridine rings is 1. The van der Waals surface area contributed by atoms with Crippen molar-refractivity contribution >= 4 is 12.1 Å². The fourth-order valence-electron chi connectivity index (χ4n) is 10.8. The standard InChI is InChI=1S/C36H53N5O/c1-24(2)25(3)32-29-12-13-31-34(4)16-8-7-9-27(34)14-17-35(31,5)30(29)15-18-36(32,19-20-42)33(40-38)41(6)23-28-11-10-26(21-37)22-39-28/h10-11,20,22,24,27,29-31H,7-9,12-19,23,38H2,1-6H3/b32-25+,40-33-. The number of aromatic nitrogens is 1. The molecule has 0 amide bonds. The van der Waals surface area contributed by atoms with Crippen molar-refractivity contribution in [3.8, 4) is 6.07 Å². The van der Waals surface area contributed by atoms with Crippen molar-refractivity contribution in [2.45, 2.75) is 112 Å². The Hall–Kier alpha value is -2.68. The minimum atomic E-state index is -0.511. The van der Waals surface area contributed by atoms with Crippen LogP contribution in [-0.2, 0) is 11.3 Å². The maximum absolute atomic E-state index is 12.6. The Morgan fingerprint density at radius 3 is 2.57 bits per heavy atom. The van der Waals surface area contributed by atoms with Crippen molar-refractivity contribution < 1.29 is 4.79 Å². The summed E-state index contributed by atoms with van der Waals surface area (Å²) in [7, 11) is 2.02. The van der Waals surface area contributed by atoms with Gasteiger partial charge in [0, 0.05) is 19.7 Å². The molecule has 0 aliphatic heterocycles. The van der Waals surface area contributed by atoms with Crippen molar-refractivity contribution in [3.05, 3.63) is 40.7 Å². The minimum absolute atomic E-state index is 0.333. The smallest absolute Gasteiger partial charge is 0.135 e. The first-order valence-corrected chi connectivity index (χ1v) is 16.5. The number of hydrogen-bond donors (Lipinski definition) is 1. The van der Waals surface area contributed by atoms with Crippen LogP contribution in [0.5, 0.6) is 0 Å². The van der Waals surface area contributed by atoms with E-state index in [0.717, 1.165) is 42.5 Å². The number of fused-ring (bicyclic) bond motifs is 5. The van der Waals surface area contributed by atoms with Crippen molar-refractivity contribution in [2.24, 2.45) is 56.8 Å². The van der Waals surface area contributed by atoms with Gasteiger partial charge in [-0.3, -0.25) is 4.98 Å². The molecule has 4 aliphatic rings. The zero-order valence-electron chi connectivity index (χ0n) is 27.0. The summed E-state index contributed by atoms with van der Waals surface area (Å²) in [6, 6.07) is 5.84. The van der Waals surface area contributed by atoms with Gasteiger partial charge >= 0.3 is 0 Å². The number of nitriles is 1. The van der Waals surface area contributed by atoms with E-state index in [1.54, 1.807) is 12.3 Å². The summed E-state index contributed by atoms with van der Waals surface area (Å²) in [5.41, 5.74) is 4.56. The van der Waals surface area contributed by atoms with Crippen LogP contribution in [0.25, 0.3) is 0 Å². The molecule has 1 aromatic rings. The van der Waals surface area contributed by atoms with E-state index in [1.807, 2.05) is 13.1 Å². The normalized spacial score (nSPS) is 37.6. The highest BCUT2D eigenvalue weighted by molar-refractivity contribution is 5.93. The number of aldehydes is 1. The molecular weight excluding hydrogens is 518 g/mol. The summed E-state index contributed by atoms with van der Waals surface area (Å²) >= 11 is 0. The van der Waals surface area contributed by atoms with E-state index in [1.165, 1.54) is 62.5 Å². The van der Waals surface area contributed by atoms with Gasteiger partial charge in [0.2, 0.25) is 0 Å². The lowest BCUT2D eigenvalue weighted by Crippen LogP contribution is -2.59. The molecule has 4 saturated carbocycles. The number of amidine groups is 1. The highest BCUT2D eigenvalue weighted by atomic mass is 16.1. The summed E-state index contributed by atoms with van der Waals surface area (Å²) in [4.78, 5) is 19.2. The molecular formula is C36H53N5O. The summed E-state index contributed by atoms with van der Waals surface area (Å²) in [6.45, 7) is 12.7. The second kappa shape index (κ2) is 11.8. The van der Waals surface area contributed by atoms with Gasteiger partial charge in [0.25, 0.3) is 0 Å². The van der Waals surface area contributed by atoms with Gasteiger partial charge in [0.1, 0.15) is 18.2 Å². The molecule has 0 aromatic carbocycles. The number of hydrazone groups is 1. The van der Waals surface area contributed by atoms with Gasteiger partial charge < -0.3 is 15.5 Å². The Morgan fingerprint density at radius 2 is 1.93 bits per heavy atom. The van der Waals surface area contributed by atoms with E-state index < -0.39 is 5.41 Å². The van der Waals surface area contributed by atoms with Gasteiger partial charge in [-0.2, -0.15) is 10.4 Å². The summed E-state index contributed by atoms with van der Waals surface area (Å²) in [5, 5.41) is 13.7. The molecule has 0 radical (unpaired) electrons. The first-order valence-electron chi connectivity index (χ1n) is 16.5. The van der Waals surface area contributed by atoms with Gasteiger partial charge in [0.15, 0.2) is 0 Å². The monoisotopic (exact) mass is 571 g/mol. The molecule has 0 bridgehead atoms. The Kier molecular flexibility index (Phi) is 8.63. The van der Waals surface area contributed by atoms with Crippen LogP contribution in [-0.4, -0.2) is 29.1 Å².